The second-order valence-corrected chi connectivity index (χ2v) is 5.64. The zero-order valence-electron chi connectivity index (χ0n) is 11.1. The molecule has 1 heterocycles. The van der Waals surface area contributed by atoms with Crippen LogP contribution in [0.5, 0.6) is 5.75 Å². The highest BCUT2D eigenvalue weighted by atomic mass is 32.2. The monoisotopic (exact) mass is 293 g/mol. The summed E-state index contributed by atoms with van der Waals surface area (Å²) in [4.78, 5) is 4.13. The molecule has 106 valence electrons. The van der Waals surface area contributed by atoms with Crippen molar-refractivity contribution in [3.05, 3.63) is 42.6 Å². The van der Waals surface area contributed by atoms with Gasteiger partial charge in [0.05, 0.1) is 12.0 Å². The molecule has 2 rings (SSSR count). The molecule has 0 unspecified atom stereocenters. The zero-order valence-corrected chi connectivity index (χ0v) is 11.9. The second-order valence-electron chi connectivity index (χ2n) is 3.96. The van der Waals surface area contributed by atoms with Crippen LogP contribution in [0.3, 0.4) is 0 Å². The number of benzene rings is 1. The molecule has 0 amide bonds. The van der Waals surface area contributed by atoms with Crippen LogP contribution in [0.25, 0.3) is 0 Å². The summed E-state index contributed by atoms with van der Waals surface area (Å²) >= 11 is 0. The van der Waals surface area contributed by atoms with Crippen LogP contribution in [0.15, 0.2) is 47.5 Å². The smallest absolute Gasteiger partial charge is 0.262 e. The van der Waals surface area contributed by atoms with Crippen molar-refractivity contribution in [3.8, 4) is 5.75 Å². The van der Waals surface area contributed by atoms with E-state index in [1.807, 2.05) is 0 Å². The van der Waals surface area contributed by atoms with Crippen LogP contribution in [0.1, 0.15) is 0 Å². The molecule has 0 aliphatic carbocycles. The van der Waals surface area contributed by atoms with Gasteiger partial charge in [0.2, 0.25) is 0 Å². The summed E-state index contributed by atoms with van der Waals surface area (Å²) in [5.74, 6) is 1.15. The summed E-state index contributed by atoms with van der Waals surface area (Å²) in [6.45, 7) is 0. The number of nitrogens with one attached hydrogen (secondary N) is 2. The number of hydrogen-bond donors (Lipinski definition) is 2. The third-order valence-electron chi connectivity index (χ3n) is 2.64. The normalized spacial score (nSPS) is 10.9. The number of ether oxygens (including phenoxy) is 1. The van der Waals surface area contributed by atoms with Crippen molar-refractivity contribution in [2.45, 2.75) is 4.90 Å². The molecule has 0 radical (unpaired) electrons. The van der Waals surface area contributed by atoms with Crippen LogP contribution in [0.4, 0.5) is 11.5 Å². The van der Waals surface area contributed by atoms with Gasteiger partial charge in [0.15, 0.2) is 0 Å². The van der Waals surface area contributed by atoms with Crippen molar-refractivity contribution in [2.24, 2.45) is 0 Å². The average Bonchev–Trinajstić information content (AvgIpc) is 2.48. The molecule has 0 aliphatic rings. The van der Waals surface area contributed by atoms with Gasteiger partial charge in [-0.2, -0.15) is 0 Å². The van der Waals surface area contributed by atoms with Gasteiger partial charge in [0, 0.05) is 25.0 Å². The van der Waals surface area contributed by atoms with Gasteiger partial charge in [0.25, 0.3) is 10.0 Å². The number of aromatic nitrogens is 1. The number of pyridine rings is 1. The Bertz CT molecular complexity index is 684. The molecule has 20 heavy (non-hydrogen) atoms. The first-order valence-electron chi connectivity index (χ1n) is 5.86. The number of sulfonamides is 1. The Balaban J connectivity index is 2.25. The largest absolute Gasteiger partial charge is 0.497 e. The molecule has 0 aliphatic heterocycles. The topological polar surface area (TPSA) is 80.3 Å². The van der Waals surface area contributed by atoms with Gasteiger partial charge in [-0.05, 0) is 30.3 Å². The summed E-state index contributed by atoms with van der Waals surface area (Å²) < 4.78 is 32.0. The lowest BCUT2D eigenvalue weighted by Gasteiger charge is -2.09. The Morgan fingerprint density at radius 1 is 1.15 bits per heavy atom. The van der Waals surface area contributed by atoms with E-state index in [9.17, 15) is 8.42 Å². The van der Waals surface area contributed by atoms with Crippen LogP contribution in [-0.2, 0) is 10.0 Å². The van der Waals surface area contributed by atoms with E-state index in [0.29, 0.717) is 17.3 Å². The number of methoxy groups -OCH3 is 1. The number of nitrogens with zero attached hydrogens (tertiary/aromatic N) is 1. The van der Waals surface area contributed by atoms with Gasteiger partial charge in [-0.25, -0.2) is 13.4 Å². The van der Waals surface area contributed by atoms with Crippen LogP contribution in [0, 0.1) is 0 Å². The molecule has 0 atom stereocenters. The van der Waals surface area contributed by atoms with E-state index in [-0.39, 0.29) is 4.90 Å². The standard InChI is InChI=1S/C13H15N3O3S/c1-14-13-9-12(7-8-15-13)20(17,18)16-10-3-5-11(19-2)6-4-10/h3-9,16H,1-2H3,(H,14,15). The van der Waals surface area contributed by atoms with Crippen molar-refractivity contribution in [3.63, 3.8) is 0 Å². The fourth-order valence-corrected chi connectivity index (χ4v) is 2.66. The summed E-state index contributed by atoms with van der Waals surface area (Å²) in [5.41, 5.74) is 0.466. The van der Waals surface area contributed by atoms with Gasteiger partial charge < -0.3 is 10.1 Å². The quantitative estimate of drug-likeness (QED) is 0.880. The Hall–Kier alpha value is -2.28. The lowest BCUT2D eigenvalue weighted by molar-refractivity contribution is 0.415. The molecule has 2 aromatic rings. The molecular weight excluding hydrogens is 278 g/mol. The average molecular weight is 293 g/mol. The molecule has 6 nitrogen and oxygen atoms in total. The molecular formula is C13H15N3O3S. The SMILES string of the molecule is CNc1cc(S(=O)(=O)Nc2ccc(OC)cc2)ccn1. The predicted octanol–water partition coefficient (Wildman–Crippen LogP) is 1.93. The van der Waals surface area contributed by atoms with Crippen LogP contribution >= 0.6 is 0 Å². The first-order chi connectivity index (χ1) is 9.55. The summed E-state index contributed by atoms with van der Waals surface area (Å²) in [7, 11) is -0.409. The van der Waals surface area contributed by atoms with Gasteiger partial charge in [-0.15, -0.1) is 0 Å². The molecule has 1 aromatic carbocycles. The lowest BCUT2D eigenvalue weighted by Crippen LogP contribution is -2.13. The second kappa shape index (κ2) is 5.79. The van der Waals surface area contributed by atoms with Gasteiger partial charge >= 0.3 is 0 Å². The first-order valence-corrected chi connectivity index (χ1v) is 7.34. The van der Waals surface area contributed by atoms with Crippen LogP contribution < -0.4 is 14.8 Å². The highest BCUT2D eigenvalue weighted by molar-refractivity contribution is 7.92. The van der Waals surface area contributed by atoms with Crippen molar-refractivity contribution < 1.29 is 13.2 Å². The molecule has 0 saturated heterocycles. The maximum atomic E-state index is 12.2. The van der Waals surface area contributed by atoms with Crippen LogP contribution in [-0.4, -0.2) is 27.6 Å². The van der Waals surface area contributed by atoms with E-state index in [1.54, 1.807) is 38.4 Å². The first kappa shape index (κ1) is 14.1. The molecule has 0 spiro atoms. The van der Waals surface area contributed by atoms with E-state index >= 15 is 0 Å². The highest BCUT2D eigenvalue weighted by Crippen LogP contribution is 2.20. The maximum Gasteiger partial charge on any atom is 0.262 e. The van der Waals surface area contributed by atoms with E-state index in [4.69, 9.17) is 4.74 Å². The molecule has 2 N–H and O–H groups in total. The van der Waals surface area contributed by atoms with Gasteiger partial charge in [-0.3, -0.25) is 4.72 Å². The predicted molar refractivity (Wildman–Crippen MR) is 77.6 cm³/mol. The zero-order chi connectivity index (χ0) is 14.6. The third kappa shape index (κ3) is 3.18. The minimum absolute atomic E-state index is 0.146. The van der Waals surface area contributed by atoms with E-state index in [0.717, 1.165) is 0 Å². The van der Waals surface area contributed by atoms with Crippen molar-refractivity contribution in [2.75, 3.05) is 24.2 Å². The molecule has 0 bridgehead atoms. The maximum absolute atomic E-state index is 12.2. The Labute approximate surface area is 117 Å². The van der Waals surface area contributed by atoms with E-state index in [2.05, 4.69) is 15.0 Å². The van der Waals surface area contributed by atoms with Crippen molar-refractivity contribution in [1.82, 2.24) is 4.98 Å². The van der Waals surface area contributed by atoms with Crippen LogP contribution in [0.2, 0.25) is 0 Å². The Kier molecular flexibility index (Phi) is 4.09. The molecule has 7 heteroatoms. The molecule has 1 aromatic heterocycles. The third-order valence-corrected chi connectivity index (χ3v) is 4.02. The minimum atomic E-state index is -3.64. The van der Waals surface area contributed by atoms with Gasteiger partial charge in [-0.1, -0.05) is 0 Å². The lowest BCUT2D eigenvalue weighted by atomic mass is 10.3. The van der Waals surface area contributed by atoms with E-state index in [1.165, 1.54) is 18.3 Å². The molecule has 0 saturated carbocycles. The number of rotatable bonds is 5. The fourth-order valence-electron chi connectivity index (χ4n) is 1.59. The number of anilines is 2. The summed E-state index contributed by atoms with van der Waals surface area (Å²) in [5, 5.41) is 2.80. The van der Waals surface area contributed by atoms with E-state index < -0.39 is 10.0 Å². The van der Waals surface area contributed by atoms with Gasteiger partial charge in [0.1, 0.15) is 11.6 Å². The molecule has 0 fully saturated rings. The van der Waals surface area contributed by atoms with Crippen molar-refractivity contribution in [1.29, 1.82) is 0 Å². The van der Waals surface area contributed by atoms with Crippen molar-refractivity contribution >= 4 is 21.5 Å². The fraction of sp³-hybridized carbons (Fsp3) is 0.154. The Morgan fingerprint density at radius 3 is 2.45 bits per heavy atom. The summed E-state index contributed by atoms with van der Waals surface area (Å²) in [6.07, 6.45) is 1.44. The summed E-state index contributed by atoms with van der Waals surface area (Å²) in [6, 6.07) is 9.54. The Morgan fingerprint density at radius 2 is 1.85 bits per heavy atom. The highest BCUT2D eigenvalue weighted by Gasteiger charge is 2.14. The minimum Gasteiger partial charge on any atom is -0.497 e. The number of hydrogen-bond acceptors (Lipinski definition) is 5.